The lowest BCUT2D eigenvalue weighted by atomic mass is 10.0. The van der Waals surface area contributed by atoms with Gasteiger partial charge in [-0.25, -0.2) is 4.79 Å². The molecule has 0 bridgehead atoms. The summed E-state index contributed by atoms with van der Waals surface area (Å²) in [6, 6.07) is 1.55. The highest BCUT2D eigenvalue weighted by Crippen LogP contribution is 2.07. The number of rotatable bonds is 7. The van der Waals surface area contributed by atoms with Crippen molar-refractivity contribution in [3.8, 4) is 0 Å². The third-order valence-corrected chi connectivity index (χ3v) is 2.50. The van der Waals surface area contributed by atoms with Crippen molar-refractivity contribution in [2.75, 3.05) is 18.9 Å². The summed E-state index contributed by atoms with van der Waals surface area (Å²) in [5.41, 5.74) is 4.97. The number of nitrogens with two attached hydrogens (primary N) is 1. The molecule has 1 atom stereocenters. The van der Waals surface area contributed by atoms with E-state index in [1.165, 1.54) is 4.57 Å². The molecule has 0 aliphatic heterocycles. The maximum Gasteiger partial charge on any atom is 0.349 e. The Kier molecular flexibility index (Phi) is 5.28. The summed E-state index contributed by atoms with van der Waals surface area (Å²) in [4.78, 5) is 25.0. The Morgan fingerprint density at radius 3 is 2.94 bits per heavy atom. The van der Waals surface area contributed by atoms with Crippen LogP contribution >= 0.6 is 0 Å². The summed E-state index contributed by atoms with van der Waals surface area (Å²) < 4.78 is 1.44. The molecule has 0 fully saturated rings. The number of nitroso groups, excluding NO2 is 1. The smallest absolute Gasteiger partial charge is 0.349 e. The van der Waals surface area contributed by atoms with Crippen LogP contribution < -0.4 is 11.4 Å². The lowest BCUT2D eigenvalue weighted by Crippen LogP contribution is -2.23. The molecule has 94 valence electrons. The van der Waals surface area contributed by atoms with E-state index in [4.69, 9.17) is 10.8 Å². The zero-order chi connectivity index (χ0) is 12.7. The Bertz CT molecular complexity index is 418. The zero-order valence-corrected chi connectivity index (χ0v) is 9.45. The van der Waals surface area contributed by atoms with Crippen LogP contribution in [0.1, 0.15) is 12.8 Å². The molecule has 0 aliphatic carbocycles. The van der Waals surface area contributed by atoms with Crippen LogP contribution in [0.15, 0.2) is 22.2 Å². The van der Waals surface area contributed by atoms with Crippen molar-refractivity contribution in [2.24, 2.45) is 11.1 Å². The van der Waals surface area contributed by atoms with E-state index in [2.05, 4.69) is 10.2 Å². The number of aliphatic hydroxyl groups is 1. The summed E-state index contributed by atoms with van der Waals surface area (Å²) in [6.07, 6.45) is 2.89. The van der Waals surface area contributed by atoms with E-state index >= 15 is 0 Å². The molecule has 7 heteroatoms. The topological polar surface area (TPSA) is 111 Å². The van der Waals surface area contributed by atoms with Gasteiger partial charge in [0.15, 0.2) is 0 Å². The fourth-order valence-corrected chi connectivity index (χ4v) is 1.51. The van der Waals surface area contributed by atoms with Crippen LogP contribution in [0.25, 0.3) is 0 Å². The van der Waals surface area contributed by atoms with E-state index in [-0.39, 0.29) is 30.6 Å². The summed E-state index contributed by atoms with van der Waals surface area (Å²) >= 11 is 0. The largest absolute Gasteiger partial charge is 0.396 e. The molecular weight excluding hydrogens is 224 g/mol. The van der Waals surface area contributed by atoms with Crippen LogP contribution in [0.3, 0.4) is 0 Å². The summed E-state index contributed by atoms with van der Waals surface area (Å²) in [5.74, 6) is 0.0644. The Morgan fingerprint density at radius 2 is 2.35 bits per heavy atom. The van der Waals surface area contributed by atoms with Gasteiger partial charge in [-0.05, 0) is 18.9 Å². The average molecular weight is 240 g/mol. The highest BCUT2D eigenvalue weighted by molar-refractivity contribution is 5.23. The quantitative estimate of drug-likeness (QED) is 0.651. The van der Waals surface area contributed by atoms with Crippen molar-refractivity contribution < 1.29 is 5.11 Å². The van der Waals surface area contributed by atoms with E-state index in [1.54, 1.807) is 12.3 Å². The summed E-state index contributed by atoms with van der Waals surface area (Å²) in [5, 5.41) is 11.7. The molecule has 0 saturated heterocycles. The zero-order valence-electron chi connectivity index (χ0n) is 9.45. The van der Waals surface area contributed by atoms with Gasteiger partial charge in [-0.2, -0.15) is 9.89 Å². The van der Waals surface area contributed by atoms with Crippen molar-refractivity contribution >= 4 is 5.82 Å². The molecule has 0 aliphatic rings. The third kappa shape index (κ3) is 4.31. The van der Waals surface area contributed by atoms with Crippen molar-refractivity contribution in [3.63, 3.8) is 0 Å². The molecule has 7 nitrogen and oxygen atoms in total. The van der Waals surface area contributed by atoms with E-state index in [1.807, 2.05) is 0 Å². The van der Waals surface area contributed by atoms with Gasteiger partial charge < -0.3 is 10.8 Å². The van der Waals surface area contributed by atoms with Gasteiger partial charge >= 0.3 is 5.69 Å². The number of nitrogens with zero attached hydrogens (tertiary/aromatic N) is 3. The van der Waals surface area contributed by atoms with Crippen LogP contribution in [-0.2, 0) is 6.54 Å². The second-order valence-corrected chi connectivity index (χ2v) is 3.83. The first-order valence-corrected chi connectivity index (χ1v) is 5.40. The minimum Gasteiger partial charge on any atom is -0.396 e. The highest BCUT2D eigenvalue weighted by Gasteiger charge is 2.07. The minimum atomic E-state index is -0.390. The molecule has 0 saturated carbocycles. The second-order valence-electron chi connectivity index (χ2n) is 3.83. The second kappa shape index (κ2) is 6.74. The van der Waals surface area contributed by atoms with Crippen LogP contribution in [0, 0.1) is 10.8 Å². The lowest BCUT2D eigenvalue weighted by molar-refractivity contribution is 0.219. The van der Waals surface area contributed by atoms with Gasteiger partial charge in [0.25, 0.3) is 0 Å². The first-order valence-electron chi connectivity index (χ1n) is 5.40. The van der Waals surface area contributed by atoms with Gasteiger partial charge in [0, 0.05) is 25.3 Å². The Morgan fingerprint density at radius 1 is 1.59 bits per heavy atom. The van der Waals surface area contributed by atoms with E-state index in [0.717, 1.165) is 0 Å². The molecule has 1 aromatic rings. The van der Waals surface area contributed by atoms with Crippen LogP contribution in [0.4, 0.5) is 5.82 Å². The molecule has 3 N–H and O–H groups in total. The van der Waals surface area contributed by atoms with Gasteiger partial charge in [0.05, 0.1) is 6.54 Å². The molecule has 0 amide bonds. The summed E-state index contributed by atoms with van der Waals surface area (Å²) in [6.45, 7) is 0.521. The van der Waals surface area contributed by atoms with E-state index in [9.17, 15) is 9.70 Å². The fraction of sp³-hybridized carbons (Fsp3) is 0.600. The number of hydrogen-bond donors (Lipinski definition) is 2. The SMILES string of the molecule is Nc1ccn(CCC[C@H](CO)CN=O)c(=O)n1. The number of anilines is 1. The predicted octanol–water partition coefficient (Wildman–Crippen LogP) is -0.0194. The molecule has 0 aromatic carbocycles. The number of aliphatic hydroxyl groups excluding tert-OH is 1. The number of nitrogen functional groups attached to an aromatic ring is 1. The number of hydrogen-bond acceptors (Lipinski definition) is 6. The molecular formula is C10H16N4O3. The van der Waals surface area contributed by atoms with Crippen LogP contribution in [0.2, 0.25) is 0 Å². The fourth-order valence-electron chi connectivity index (χ4n) is 1.51. The molecule has 0 spiro atoms. The maximum atomic E-state index is 11.4. The van der Waals surface area contributed by atoms with Gasteiger partial charge in [-0.3, -0.25) is 4.57 Å². The van der Waals surface area contributed by atoms with Gasteiger partial charge in [0.2, 0.25) is 0 Å². The monoisotopic (exact) mass is 240 g/mol. The number of aromatic nitrogens is 2. The Balaban J connectivity index is 2.45. The third-order valence-electron chi connectivity index (χ3n) is 2.50. The maximum absolute atomic E-state index is 11.4. The Labute approximate surface area is 98.3 Å². The van der Waals surface area contributed by atoms with E-state index < -0.39 is 0 Å². The first kappa shape index (κ1) is 13.3. The van der Waals surface area contributed by atoms with E-state index in [0.29, 0.717) is 19.4 Å². The minimum absolute atomic E-state index is 0.0688. The van der Waals surface area contributed by atoms with Gasteiger partial charge in [0.1, 0.15) is 5.82 Å². The van der Waals surface area contributed by atoms with Gasteiger partial charge in [-0.15, -0.1) is 0 Å². The van der Waals surface area contributed by atoms with Crippen LogP contribution in [-0.4, -0.2) is 27.8 Å². The lowest BCUT2D eigenvalue weighted by Gasteiger charge is -2.10. The summed E-state index contributed by atoms with van der Waals surface area (Å²) in [7, 11) is 0. The molecule has 0 unspecified atom stereocenters. The van der Waals surface area contributed by atoms with Crippen molar-refractivity contribution in [1.29, 1.82) is 0 Å². The van der Waals surface area contributed by atoms with Crippen LogP contribution in [0.5, 0.6) is 0 Å². The molecule has 1 heterocycles. The standard InChI is InChI=1S/C10H16N4O3/c11-9-3-5-14(10(16)13-9)4-1-2-8(7-15)6-12-17/h3,5,8,15H,1-2,4,6-7H2,(H2,11,13,16)/t8-/m0/s1. The molecule has 0 radical (unpaired) electrons. The average Bonchev–Trinajstić information content (AvgIpc) is 2.30. The van der Waals surface area contributed by atoms with Gasteiger partial charge in [-0.1, -0.05) is 5.18 Å². The van der Waals surface area contributed by atoms with Crippen molar-refractivity contribution in [3.05, 3.63) is 27.7 Å². The highest BCUT2D eigenvalue weighted by atomic mass is 16.3. The Hall–Kier alpha value is -1.76. The normalized spacial score (nSPS) is 12.3. The molecule has 17 heavy (non-hydrogen) atoms. The number of aryl methyl sites for hydroxylation is 1. The van der Waals surface area contributed by atoms with Crippen molar-refractivity contribution in [2.45, 2.75) is 19.4 Å². The van der Waals surface area contributed by atoms with Crippen molar-refractivity contribution in [1.82, 2.24) is 9.55 Å². The molecule has 1 aromatic heterocycles. The predicted molar refractivity (Wildman–Crippen MR) is 63.4 cm³/mol. The molecule has 1 rings (SSSR count). The first-order chi connectivity index (χ1) is 8.17.